The topological polar surface area (TPSA) is 234 Å². The van der Waals surface area contributed by atoms with Gasteiger partial charge in [0.05, 0.1) is 49.2 Å². The maximum Gasteiger partial charge on any atom is 0.246 e. The molecule has 2 amide bonds. The normalized spacial score (nSPS) is 15.5. The Bertz CT molecular complexity index is 4410. The minimum atomic E-state index is -0.679. The van der Waals surface area contributed by atoms with Gasteiger partial charge in [-0.1, -0.05) is 17.9 Å². The summed E-state index contributed by atoms with van der Waals surface area (Å²) in [5.41, 5.74) is 4.09. The maximum absolute atomic E-state index is 16.5. The lowest BCUT2D eigenvalue weighted by Gasteiger charge is -2.40. The molecule has 8 heterocycles. The van der Waals surface area contributed by atoms with Gasteiger partial charge in [-0.25, -0.2) is 52.7 Å². The molecular weight excluding hydrogens is 1120 g/mol. The highest BCUT2D eigenvalue weighted by atomic mass is 19.1. The molecule has 87 heavy (non-hydrogen) atoms. The largest absolute Gasteiger partial charge is 0.494 e. The SMILES string of the molecule is C=CC(=O)N1CCN(c2ccc3ncnc(Nc4c(OC)cc(Oc5ccc6c(c5)nnn6C/C=C/C(=O)N5CCN(c6ccc7ncnc(Nc8c(OC)cc(Oc9cc(F)c%10c(c9)ncn%10C)c(C)c8F)c7n6)C[C@H]5C)c(C)c4F)c3n2)C[C@H]1C. The molecule has 2 aliphatic rings. The molecule has 0 aliphatic carbocycles. The van der Waals surface area contributed by atoms with Crippen molar-refractivity contribution in [1.29, 1.82) is 0 Å². The Hall–Kier alpha value is -10.7. The summed E-state index contributed by atoms with van der Waals surface area (Å²) in [6, 6.07) is 18.2. The number of fused-ring (bicyclic) bond motifs is 4. The molecule has 2 fully saturated rings. The summed E-state index contributed by atoms with van der Waals surface area (Å²) in [5.74, 6) is 0.730. The highest BCUT2D eigenvalue weighted by Gasteiger charge is 2.30. The zero-order valence-corrected chi connectivity index (χ0v) is 48.4. The second-order valence-electron chi connectivity index (χ2n) is 21.1. The molecule has 26 heteroatoms. The molecule has 0 unspecified atom stereocenters. The lowest BCUT2D eigenvalue weighted by Crippen LogP contribution is -2.54. The van der Waals surface area contributed by atoms with Crippen LogP contribution in [0.25, 0.3) is 44.1 Å². The number of carbonyl (C=O) groups excluding carboxylic acids is 2. The van der Waals surface area contributed by atoms with E-state index >= 15 is 8.78 Å². The van der Waals surface area contributed by atoms with Crippen molar-refractivity contribution < 1.29 is 41.7 Å². The summed E-state index contributed by atoms with van der Waals surface area (Å²) >= 11 is 0. The number of rotatable bonds is 16. The van der Waals surface area contributed by atoms with Gasteiger partial charge in [-0.05, 0) is 70.2 Å². The number of imidazole rings is 1. The van der Waals surface area contributed by atoms with Crippen molar-refractivity contribution in [3.63, 3.8) is 0 Å². The summed E-state index contributed by atoms with van der Waals surface area (Å²) in [4.78, 5) is 65.5. The first-order chi connectivity index (χ1) is 42.1. The number of ether oxygens (including phenoxy) is 4. The Morgan fingerprint density at radius 1 is 0.655 bits per heavy atom. The second kappa shape index (κ2) is 23.4. The van der Waals surface area contributed by atoms with E-state index < -0.39 is 17.5 Å². The Morgan fingerprint density at radius 2 is 1.21 bits per heavy atom. The fraction of sp³-hybridized carbons (Fsp3) is 0.262. The van der Waals surface area contributed by atoms with Gasteiger partial charge < -0.3 is 53.7 Å². The standard InChI is InChI=1S/C61H58F3N17O6/c1-9-51(82)79-21-19-77(28-33(79)2)49-16-13-40-55(70-49)60(67-30-65-40)72-57-47(84-7)26-45(35(4)53(57)63)86-37-12-15-44-42(24-37)74-75-81(44)18-10-11-52(83)80-22-20-78(29-34(80)3)50-17-14-41-56(71-50)61(68-31-66-41)73-58-48(85-8)27-46(36(5)54(58)64)87-38-23-39(62)59-43(25-38)69-32-76(59)6/h9-17,23-27,30-34H,1,18-22,28-29H2,2-8H3,(H,65,67,72)(H,66,68,73)/b11-10+/t33-,34-/m1/s1. The van der Waals surface area contributed by atoms with E-state index in [0.717, 1.165) is 0 Å². The van der Waals surface area contributed by atoms with Crippen LogP contribution >= 0.6 is 0 Å². The lowest BCUT2D eigenvalue weighted by molar-refractivity contribution is -0.129. The predicted molar refractivity (Wildman–Crippen MR) is 321 cm³/mol. The summed E-state index contributed by atoms with van der Waals surface area (Å²) in [5, 5.41) is 14.9. The number of piperazine rings is 2. The van der Waals surface area contributed by atoms with Crippen LogP contribution in [0, 0.1) is 31.3 Å². The molecule has 2 saturated heterocycles. The van der Waals surface area contributed by atoms with E-state index in [2.05, 4.69) is 62.2 Å². The number of aromatic nitrogens is 11. The highest BCUT2D eigenvalue weighted by Crippen LogP contribution is 2.43. The van der Waals surface area contributed by atoms with Crippen molar-refractivity contribution in [2.45, 2.75) is 46.3 Å². The molecule has 2 N–H and O–H groups in total. The van der Waals surface area contributed by atoms with E-state index in [1.54, 1.807) is 76.4 Å². The van der Waals surface area contributed by atoms with Crippen LogP contribution in [0.15, 0.2) is 111 Å². The van der Waals surface area contributed by atoms with Crippen LogP contribution in [0.3, 0.4) is 0 Å². The number of carbonyl (C=O) groups is 2. The summed E-state index contributed by atoms with van der Waals surface area (Å²) in [6.45, 7) is 13.9. The van der Waals surface area contributed by atoms with Crippen molar-refractivity contribution in [3.8, 4) is 34.5 Å². The number of nitrogens with zero attached hydrogens (tertiary/aromatic N) is 15. The lowest BCUT2D eigenvalue weighted by atomic mass is 10.1. The van der Waals surface area contributed by atoms with Crippen LogP contribution in [0.4, 0.5) is 47.8 Å². The van der Waals surface area contributed by atoms with Gasteiger partial charge in [-0.3, -0.25) is 9.59 Å². The van der Waals surface area contributed by atoms with Crippen LogP contribution in [0.5, 0.6) is 34.5 Å². The maximum atomic E-state index is 16.5. The van der Waals surface area contributed by atoms with Gasteiger partial charge in [0.15, 0.2) is 29.1 Å². The summed E-state index contributed by atoms with van der Waals surface area (Å²) in [6.07, 6.45) is 8.80. The number of hydrogen-bond donors (Lipinski definition) is 2. The predicted octanol–water partition coefficient (Wildman–Crippen LogP) is 9.63. The van der Waals surface area contributed by atoms with Crippen LogP contribution < -0.4 is 39.4 Å². The van der Waals surface area contributed by atoms with Crippen LogP contribution in [0.2, 0.25) is 0 Å². The molecule has 0 radical (unpaired) electrons. The van der Waals surface area contributed by atoms with Crippen molar-refractivity contribution in [2.24, 2.45) is 7.05 Å². The Labute approximate surface area is 495 Å². The number of methoxy groups -OCH3 is 2. The molecule has 2 atom stereocenters. The number of halogens is 3. The fourth-order valence-corrected chi connectivity index (χ4v) is 10.9. The van der Waals surface area contributed by atoms with Gasteiger partial charge in [-0.15, -0.1) is 5.10 Å². The third-order valence-corrected chi connectivity index (χ3v) is 15.6. The molecule has 0 saturated carbocycles. The second-order valence-corrected chi connectivity index (χ2v) is 21.1. The molecule has 444 valence electrons. The first-order valence-corrected chi connectivity index (χ1v) is 27.8. The third-order valence-electron chi connectivity index (χ3n) is 15.6. The molecule has 0 spiro atoms. The van der Waals surface area contributed by atoms with Gasteiger partial charge in [0.25, 0.3) is 0 Å². The van der Waals surface area contributed by atoms with E-state index in [1.165, 1.54) is 57.5 Å². The molecule has 0 bridgehead atoms. The molecular formula is C61H58F3N17O6. The number of anilines is 6. The van der Waals surface area contributed by atoms with Gasteiger partial charge in [0.2, 0.25) is 11.8 Å². The zero-order chi connectivity index (χ0) is 60.8. The van der Waals surface area contributed by atoms with Crippen LogP contribution in [0.1, 0.15) is 25.0 Å². The number of allylic oxidation sites excluding steroid dienone is 1. The average Bonchev–Trinajstić information content (AvgIpc) is 1.74. The van der Waals surface area contributed by atoms with Crippen molar-refractivity contribution in [3.05, 3.63) is 139 Å². The number of benzene rings is 4. The van der Waals surface area contributed by atoms with Gasteiger partial charge in [0.1, 0.15) is 92.2 Å². The smallest absolute Gasteiger partial charge is 0.246 e. The van der Waals surface area contributed by atoms with Crippen molar-refractivity contribution in [2.75, 3.05) is 73.9 Å². The molecule has 2 aliphatic heterocycles. The molecule has 4 aromatic carbocycles. The molecule has 10 aromatic rings. The fourth-order valence-electron chi connectivity index (χ4n) is 10.9. The van der Waals surface area contributed by atoms with Gasteiger partial charge >= 0.3 is 0 Å². The van der Waals surface area contributed by atoms with Crippen molar-refractivity contribution in [1.82, 2.24) is 64.2 Å². The number of nitrogens with one attached hydrogen (secondary N) is 2. The monoisotopic (exact) mass is 1180 g/mol. The van der Waals surface area contributed by atoms with Crippen LogP contribution in [-0.4, -0.2) is 142 Å². The van der Waals surface area contributed by atoms with E-state index in [-0.39, 0.29) is 93.3 Å². The van der Waals surface area contributed by atoms with Crippen molar-refractivity contribution >= 4 is 90.6 Å². The van der Waals surface area contributed by atoms with E-state index in [0.29, 0.717) is 101 Å². The van der Waals surface area contributed by atoms with Crippen LogP contribution in [-0.2, 0) is 23.2 Å². The third kappa shape index (κ3) is 11.0. The Balaban J connectivity index is 0.678. The quantitative estimate of drug-likeness (QED) is 0.0857. The van der Waals surface area contributed by atoms with E-state index in [1.807, 2.05) is 38.1 Å². The first kappa shape index (κ1) is 56.8. The minimum Gasteiger partial charge on any atom is -0.494 e. The van der Waals surface area contributed by atoms with E-state index in [4.69, 9.17) is 28.9 Å². The van der Waals surface area contributed by atoms with Gasteiger partial charge in [-0.2, -0.15) is 0 Å². The highest BCUT2D eigenvalue weighted by molar-refractivity contribution is 5.92. The number of aryl methyl sites for hydroxylation is 1. The Kier molecular flexibility index (Phi) is 15.3. The van der Waals surface area contributed by atoms with E-state index in [9.17, 15) is 14.0 Å². The number of pyridine rings is 2. The first-order valence-electron chi connectivity index (χ1n) is 27.8. The number of amides is 2. The summed E-state index contributed by atoms with van der Waals surface area (Å²) < 4.78 is 74.6. The molecule has 6 aromatic heterocycles. The molecule has 23 nitrogen and oxygen atoms in total. The molecule has 12 rings (SSSR count). The Morgan fingerprint density at radius 3 is 1.76 bits per heavy atom. The zero-order valence-electron chi connectivity index (χ0n) is 48.4. The minimum absolute atomic E-state index is 0.0130. The average molecular weight is 1180 g/mol. The summed E-state index contributed by atoms with van der Waals surface area (Å²) in [7, 11) is 4.51. The number of hydrogen-bond acceptors (Lipinski definition) is 19. The van der Waals surface area contributed by atoms with Gasteiger partial charge in [0, 0.05) is 106 Å².